The summed E-state index contributed by atoms with van der Waals surface area (Å²) in [6.07, 6.45) is -4.46. The highest BCUT2D eigenvalue weighted by Gasteiger charge is 2.26. The number of hydrogen-bond acceptors (Lipinski definition) is 2. The summed E-state index contributed by atoms with van der Waals surface area (Å²) >= 11 is 0. The molecule has 0 aromatic rings. The van der Waals surface area contributed by atoms with Gasteiger partial charge in [0.25, 0.3) is 0 Å². The Morgan fingerprint density at radius 1 is 1.35 bits per heavy atom. The van der Waals surface area contributed by atoms with Gasteiger partial charge in [-0.15, -0.1) is 0 Å². The quantitative estimate of drug-likeness (QED) is 0.683. The van der Waals surface area contributed by atoms with Crippen LogP contribution in [-0.4, -0.2) is 25.2 Å². The molecule has 0 heterocycles. The molecule has 1 unspecified atom stereocenters. The van der Waals surface area contributed by atoms with Gasteiger partial charge >= 0.3 is 6.18 Å². The van der Waals surface area contributed by atoms with Crippen molar-refractivity contribution >= 4 is 5.91 Å². The van der Waals surface area contributed by atoms with Gasteiger partial charge in [-0.3, -0.25) is 4.79 Å². The molecule has 0 saturated carbocycles. The molecule has 3 nitrogen and oxygen atoms in total. The summed E-state index contributed by atoms with van der Waals surface area (Å²) in [6.45, 7) is 4.22. The predicted octanol–water partition coefficient (Wildman–Crippen LogP) is 2.07. The average molecular weight is 254 g/mol. The van der Waals surface area contributed by atoms with Gasteiger partial charge in [-0.05, 0) is 18.8 Å². The number of nitrogens with two attached hydrogens (primary N) is 1. The summed E-state index contributed by atoms with van der Waals surface area (Å²) in [5.41, 5.74) is 5.45. The zero-order valence-electron chi connectivity index (χ0n) is 10.3. The topological polar surface area (TPSA) is 55.1 Å². The van der Waals surface area contributed by atoms with Crippen LogP contribution in [0, 0.1) is 11.8 Å². The zero-order valence-corrected chi connectivity index (χ0v) is 10.3. The van der Waals surface area contributed by atoms with E-state index in [0.29, 0.717) is 12.3 Å². The Bertz CT molecular complexity index is 229. The number of carbonyl (C=O) groups is 1. The van der Waals surface area contributed by atoms with E-state index in [4.69, 9.17) is 5.73 Å². The second kappa shape index (κ2) is 7.53. The summed E-state index contributed by atoms with van der Waals surface area (Å²) in [5, 5.41) is 2.49. The van der Waals surface area contributed by atoms with Crippen LogP contribution in [0.2, 0.25) is 0 Å². The Hall–Kier alpha value is -0.780. The van der Waals surface area contributed by atoms with Crippen molar-refractivity contribution in [3.63, 3.8) is 0 Å². The van der Waals surface area contributed by atoms with E-state index in [-0.39, 0.29) is 31.3 Å². The van der Waals surface area contributed by atoms with Crippen LogP contribution in [0.25, 0.3) is 0 Å². The van der Waals surface area contributed by atoms with Crippen molar-refractivity contribution in [2.24, 2.45) is 17.6 Å². The molecule has 0 aromatic heterocycles. The molecule has 1 amide bonds. The molecule has 0 aromatic carbocycles. The number of halogens is 3. The van der Waals surface area contributed by atoms with Crippen molar-refractivity contribution in [3.05, 3.63) is 0 Å². The first-order valence-corrected chi connectivity index (χ1v) is 5.80. The minimum atomic E-state index is -4.16. The Balaban J connectivity index is 3.83. The first-order chi connectivity index (χ1) is 7.76. The van der Waals surface area contributed by atoms with Crippen molar-refractivity contribution in [1.29, 1.82) is 0 Å². The standard InChI is InChI=1S/C11H21F3N2O/c1-8(2)6-9(7-15)10(17)16-5-3-4-11(12,13)14/h8-9H,3-7,15H2,1-2H3,(H,16,17). The Kier molecular flexibility index (Phi) is 7.18. The molecular formula is C11H21F3N2O. The van der Waals surface area contributed by atoms with Crippen LogP contribution < -0.4 is 11.1 Å². The van der Waals surface area contributed by atoms with Crippen LogP contribution in [0.4, 0.5) is 13.2 Å². The first kappa shape index (κ1) is 16.2. The number of amides is 1. The van der Waals surface area contributed by atoms with Crippen molar-refractivity contribution in [3.8, 4) is 0 Å². The molecular weight excluding hydrogens is 233 g/mol. The molecule has 0 saturated heterocycles. The van der Waals surface area contributed by atoms with Gasteiger partial charge in [0.05, 0.1) is 5.92 Å². The lowest BCUT2D eigenvalue weighted by atomic mass is 9.96. The van der Waals surface area contributed by atoms with E-state index in [1.54, 1.807) is 0 Å². The number of carbonyl (C=O) groups excluding carboxylic acids is 1. The van der Waals surface area contributed by atoms with Gasteiger partial charge in [-0.2, -0.15) is 13.2 Å². The Morgan fingerprint density at radius 2 is 1.94 bits per heavy atom. The van der Waals surface area contributed by atoms with Crippen molar-refractivity contribution in [1.82, 2.24) is 5.32 Å². The molecule has 0 bridgehead atoms. The lowest BCUT2D eigenvalue weighted by Crippen LogP contribution is -2.36. The lowest BCUT2D eigenvalue weighted by Gasteiger charge is -2.16. The van der Waals surface area contributed by atoms with E-state index < -0.39 is 12.6 Å². The van der Waals surface area contributed by atoms with Crippen molar-refractivity contribution in [2.75, 3.05) is 13.1 Å². The normalized spacial score (nSPS) is 13.8. The van der Waals surface area contributed by atoms with Gasteiger partial charge in [0.1, 0.15) is 0 Å². The monoisotopic (exact) mass is 254 g/mol. The van der Waals surface area contributed by atoms with Gasteiger partial charge in [0.2, 0.25) is 5.91 Å². The fourth-order valence-corrected chi connectivity index (χ4v) is 1.52. The largest absolute Gasteiger partial charge is 0.389 e. The van der Waals surface area contributed by atoms with E-state index in [0.717, 1.165) is 0 Å². The smallest absolute Gasteiger partial charge is 0.356 e. The molecule has 1 atom stereocenters. The molecule has 17 heavy (non-hydrogen) atoms. The predicted molar refractivity (Wildman–Crippen MR) is 60.3 cm³/mol. The molecule has 0 radical (unpaired) electrons. The highest BCUT2D eigenvalue weighted by Crippen LogP contribution is 2.20. The fraction of sp³-hybridized carbons (Fsp3) is 0.909. The molecule has 102 valence electrons. The van der Waals surface area contributed by atoms with E-state index in [1.807, 2.05) is 13.8 Å². The molecule has 0 fully saturated rings. The third-order valence-corrected chi connectivity index (χ3v) is 2.35. The summed E-state index contributed by atoms with van der Waals surface area (Å²) < 4.78 is 35.5. The second-order valence-electron chi connectivity index (χ2n) is 4.57. The van der Waals surface area contributed by atoms with Crippen LogP contribution in [0.5, 0.6) is 0 Å². The maximum absolute atomic E-state index is 11.8. The maximum Gasteiger partial charge on any atom is 0.389 e. The van der Waals surface area contributed by atoms with Crippen LogP contribution >= 0.6 is 0 Å². The van der Waals surface area contributed by atoms with Gasteiger partial charge in [-0.25, -0.2) is 0 Å². The fourth-order valence-electron chi connectivity index (χ4n) is 1.52. The number of nitrogens with one attached hydrogen (secondary N) is 1. The van der Waals surface area contributed by atoms with Crippen LogP contribution in [0.3, 0.4) is 0 Å². The summed E-state index contributed by atoms with van der Waals surface area (Å²) in [4.78, 5) is 11.6. The molecule has 0 spiro atoms. The SMILES string of the molecule is CC(C)CC(CN)C(=O)NCCCC(F)(F)F. The van der Waals surface area contributed by atoms with Gasteiger partial charge in [0.15, 0.2) is 0 Å². The maximum atomic E-state index is 11.8. The van der Waals surface area contributed by atoms with E-state index >= 15 is 0 Å². The highest BCUT2D eigenvalue weighted by atomic mass is 19.4. The van der Waals surface area contributed by atoms with Crippen molar-refractivity contribution in [2.45, 2.75) is 39.3 Å². The Labute approximate surface area is 99.9 Å². The van der Waals surface area contributed by atoms with E-state index in [2.05, 4.69) is 5.32 Å². The third kappa shape index (κ3) is 8.97. The first-order valence-electron chi connectivity index (χ1n) is 5.80. The third-order valence-electron chi connectivity index (χ3n) is 2.35. The molecule has 3 N–H and O–H groups in total. The van der Waals surface area contributed by atoms with Crippen LogP contribution in [-0.2, 0) is 4.79 Å². The molecule has 0 aliphatic rings. The van der Waals surface area contributed by atoms with Crippen LogP contribution in [0.1, 0.15) is 33.1 Å². The minimum Gasteiger partial charge on any atom is -0.356 e. The summed E-state index contributed by atoms with van der Waals surface area (Å²) in [6, 6.07) is 0. The minimum absolute atomic E-state index is 0.0486. The molecule has 0 aliphatic heterocycles. The van der Waals surface area contributed by atoms with Crippen molar-refractivity contribution < 1.29 is 18.0 Å². The van der Waals surface area contributed by atoms with E-state index in [1.165, 1.54) is 0 Å². The summed E-state index contributed by atoms with van der Waals surface area (Å²) in [7, 11) is 0. The molecule has 6 heteroatoms. The van der Waals surface area contributed by atoms with E-state index in [9.17, 15) is 18.0 Å². The Morgan fingerprint density at radius 3 is 2.35 bits per heavy atom. The number of hydrogen-bond donors (Lipinski definition) is 2. The van der Waals surface area contributed by atoms with Gasteiger partial charge in [-0.1, -0.05) is 13.8 Å². The average Bonchev–Trinajstić information content (AvgIpc) is 2.19. The lowest BCUT2D eigenvalue weighted by molar-refractivity contribution is -0.136. The molecule has 0 rings (SSSR count). The highest BCUT2D eigenvalue weighted by molar-refractivity contribution is 5.78. The summed E-state index contributed by atoms with van der Waals surface area (Å²) in [5.74, 6) is -0.214. The van der Waals surface area contributed by atoms with Crippen LogP contribution in [0.15, 0.2) is 0 Å². The molecule has 0 aliphatic carbocycles. The van der Waals surface area contributed by atoms with Gasteiger partial charge < -0.3 is 11.1 Å². The zero-order chi connectivity index (χ0) is 13.5. The second-order valence-corrected chi connectivity index (χ2v) is 4.57. The number of alkyl halides is 3. The van der Waals surface area contributed by atoms with Gasteiger partial charge in [0, 0.05) is 19.5 Å². The number of rotatable bonds is 7.